The van der Waals surface area contributed by atoms with E-state index in [1.54, 1.807) is 13.2 Å². The average molecular weight is 235 g/mol. The Hall–Kier alpha value is -1.81. The van der Waals surface area contributed by atoms with Crippen molar-refractivity contribution in [2.24, 2.45) is 0 Å². The Kier molecular flexibility index (Phi) is 5.23. The van der Waals surface area contributed by atoms with E-state index in [1.807, 2.05) is 31.3 Å². The van der Waals surface area contributed by atoms with E-state index in [0.29, 0.717) is 6.61 Å². The minimum atomic E-state index is -0.939. The third kappa shape index (κ3) is 4.70. The molecule has 0 amide bonds. The first-order valence-corrected chi connectivity index (χ1v) is 5.34. The standard InChI is InChI=1S/C13H17NO3/c1-14(9-10-17-2)12-6-3-11(4-7-12)5-8-13(15)16/h3-8H,9-10H2,1-2H3,(H,15,16)/b8-5+. The molecule has 0 atom stereocenters. The number of nitrogens with zero attached hydrogens (tertiary/aromatic N) is 1. The highest BCUT2D eigenvalue weighted by molar-refractivity contribution is 5.85. The van der Waals surface area contributed by atoms with Crippen molar-refractivity contribution in [3.8, 4) is 0 Å². The van der Waals surface area contributed by atoms with Crippen LogP contribution in [0.2, 0.25) is 0 Å². The monoisotopic (exact) mass is 235 g/mol. The summed E-state index contributed by atoms with van der Waals surface area (Å²) < 4.78 is 5.00. The number of rotatable bonds is 6. The number of aliphatic carboxylic acids is 1. The minimum Gasteiger partial charge on any atom is -0.478 e. The summed E-state index contributed by atoms with van der Waals surface area (Å²) in [4.78, 5) is 12.4. The van der Waals surface area contributed by atoms with E-state index in [0.717, 1.165) is 23.9 Å². The van der Waals surface area contributed by atoms with Crippen molar-refractivity contribution in [1.29, 1.82) is 0 Å². The van der Waals surface area contributed by atoms with Gasteiger partial charge in [-0.15, -0.1) is 0 Å². The number of carbonyl (C=O) groups is 1. The van der Waals surface area contributed by atoms with Gasteiger partial charge in [0, 0.05) is 32.5 Å². The Morgan fingerprint density at radius 2 is 2.06 bits per heavy atom. The first kappa shape index (κ1) is 13.3. The molecule has 0 fully saturated rings. The van der Waals surface area contributed by atoms with Crippen LogP contribution < -0.4 is 4.90 Å². The number of anilines is 1. The molecule has 1 rings (SSSR count). The highest BCUT2D eigenvalue weighted by Crippen LogP contribution is 2.14. The van der Waals surface area contributed by atoms with Crippen LogP contribution in [0.5, 0.6) is 0 Å². The summed E-state index contributed by atoms with van der Waals surface area (Å²) in [5.41, 5.74) is 1.95. The van der Waals surface area contributed by atoms with Gasteiger partial charge in [0.15, 0.2) is 0 Å². The van der Waals surface area contributed by atoms with Crippen LogP contribution in [0.4, 0.5) is 5.69 Å². The molecular weight excluding hydrogens is 218 g/mol. The highest BCUT2D eigenvalue weighted by atomic mass is 16.5. The summed E-state index contributed by atoms with van der Waals surface area (Å²) in [6.07, 6.45) is 2.70. The van der Waals surface area contributed by atoms with Gasteiger partial charge in [-0.25, -0.2) is 4.79 Å². The van der Waals surface area contributed by atoms with Gasteiger partial charge in [-0.1, -0.05) is 12.1 Å². The second-order valence-corrected chi connectivity index (χ2v) is 3.68. The SMILES string of the molecule is COCCN(C)c1ccc(/C=C/C(=O)O)cc1. The van der Waals surface area contributed by atoms with Crippen molar-refractivity contribution >= 4 is 17.7 Å². The van der Waals surface area contributed by atoms with Crippen LogP contribution in [0.25, 0.3) is 6.08 Å². The summed E-state index contributed by atoms with van der Waals surface area (Å²) in [6, 6.07) is 7.69. The maximum atomic E-state index is 10.4. The molecule has 4 nitrogen and oxygen atoms in total. The number of hydrogen-bond acceptors (Lipinski definition) is 3. The van der Waals surface area contributed by atoms with Gasteiger partial charge in [0.2, 0.25) is 0 Å². The van der Waals surface area contributed by atoms with Crippen molar-refractivity contribution in [3.63, 3.8) is 0 Å². The fourth-order valence-electron chi connectivity index (χ4n) is 1.36. The second-order valence-electron chi connectivity index (χ2n) is 3.68. The van der Waals surface area contributed by atoms with Crippen LogP contribution in [-0.4, -0.2) is 38.4 Å². The number of methoxy groups -OCH3 is 1. The van der Waals surface area contributed by atoms with E-state index in [4.69, 9.17) is 9.84 Å². The molecule has 0 saturated heterocycles. The number of carboxylic acids is 1. The molecule has 1 N–H and O–H groups in total. The Labute approximate surface area is 101 Å². The fourth-order valence-corrected chi connectivity index (χ4v) is 1.36. The first-order chi connectivity index (χ1) is 8.13. The van der Waals surface area contributed by atoms with E-state index in [1.165, 1.54) is 0 Å². The van der Waals surface area contributed by atoms with Gasteiger partial charge < -0.3 is 14.7 Å². The van der Waals surface area contributed by atoms with Gasteiger partial charge in [0.05, 0.1) is 6.61 Å². The third-order valence-electron chi connectivity index (χ3n) is 2.38. The Balaban J connectivity index is 2.64. The van der Waals surface area contributed by atoms with Gasteiger partial charge in [0.25, 0.3) is 0 Å². The molecule has 0 aliphatic rings. The molecule has 0 saturated carbocycles. The Morgan fingerprint density at radius 3 is 2.59 bits per heavy atom. The molecule has 0 heterocycles. The Bertz CT molecular complexity index is 384. The second kappa shape index (κ2) is 6.70. The molecule has 0 radical (unpaired) electrons. The summed E-state index contributed by atoms with van der Waals surface area (Å²) >= 11 is 0. The normalized spacial score (nSPS) is 10.7. The summed E-state index contributed by atoms with van der Waals surface area (Å²) in [5.74, 6) is -0.939. The van der Waals surface area contributed by atoms with Crippen LogP contribution in [0.1, 0.15) is 5.56 Å². The van der Waals surface area contributed by atoms with Crippen molar-refractivity contribution < 1.29 is 14.6 Å². The number of likely N-dealkylation sites (N-methyl/N-ethyl adjacent to an activating group) is 1. The minimum absolute atomic E-state index is 0.678. The zero-order valence-electron chi connectivity index (χ0n) is 10.1. The van der Waals surface area contributed by atoms with Crippen LogP contribution >= 0.6 is 0 Å². The summed E-state index contributed by atoms with van der Waals surface area (Å²) in [6.45, 7) is 1.50. The van der Waals surface area contributed by atoms with E-state index in [2.05, 4.69) is 4.90 Å². The van der Waals surface area contributed by atoms with Crippen LogP contribution in [-0.2, 0) is 9.53 Å². The number of hydrogen-bond donors (Lipinski definition) is 1. The van der Waals surface area contributed by atoms with E-state index < -0.39 is 5.97 Å². The lowest BCUT2D eigenvalue weighted by Crippen LogP contribution is -2.21. The molecule has 0 spiro atoms. The molecule has 0 unspecified atom stereocenters. The quantitative estimate of drug-likeness (QED) is 0.765. The fraction of sp³-hybridized carbons (Fsp3) is 0.308. The van der Waals surface area contributed by atoms with Gasteiger partial charge >= 0.3 is 5.97 Å². The smallest absolute Gasteiger partial charge is 0.328 e. The first-order valence-electron chi connectivity index (χ1n) is 5.34. The summed E-state index contributed by atoms with van der Waals surface area (Å²) in [5, 5.41) is 8.51. The largest absolute Gasteiger partial charge is 0.478 e. The van der Waals surface area contributed by atoms with Crippen molar-refractivity contribution in [3.05, 3.63) is 35.9 Å². The average Bonchev–Trinajstić information content (AvgIpc) is 2.34. The third-order valence-corrected chi connectivity index (χ3v) is 2.38. The Morgan fingerprint density at radius 1 is 1.41 bits per heavy atom. The van der Waals surface area contributed by atoms with E-state index in [9.17, 15) is 4.79 Å². The van der Waals surface area contributed by atoms with Crippen LogP contribution in [0.15, 0.2) is 30.3 Å². The van der Waals surface area contributed by atoms with Crippen molar-refractivity contribution in [2.75, 3.05) is 32.2 Å². The molecule has 1 aromatic carbocycles. The molecule has 92 valence electrons. The van der Waals surface area contributed by atoms with Gasteiger partial charge in [-0.2, -0.15) is 0 Å². The molecule has 0 aliphatic heterocycles. The molecule has 0 bridgehead atoms. The zero-order valence-corrected chi connectivity index (χ0v) is 10.1. The number of carboxylic acid groups (broad SMARTS) is 1. The topological polar surface area (TPSA) is 49.8 Å². The van der Waals surface area contributed by atoms with Crippen molar-refractivity contribution in [2.45, 2.75) is 0 Å². The lowest BCUT2D eigenvalue weighted by atomic mass is 10.2. The summed E-state index contributed by atoms with van der Waals surface area (Å²) in [7, 11) is 3.66. The van der Waals surface area contributed by atoms with Crippen molar-refractivity contribution in [1.82, 2.24) is 0 Å². The van der Waals surface area contributed by atoms with Gasteiger partial charge in [-0.3, -0.25) is 0 Å². The molecule has 4 heteroatoms. The lowest BCUT2D eigenvalue weighted by molar-refractivity contribution is -0.131. The zero-order chi connectivity index (χ0) is 12.7. The maximum absolute atomic E-state index is 10.4. The van der Waals surface area contributed by atoms with Gasteiger partial charge in [-0.05, 0) is 23.8 Å². The molecular formula is C13H17NO3. The number of ether oxygens (including phenoxy) is 1. The molecule has 17 heavy (non-hydrogen) atoms. The lowest BCUT2D eigenvalue weighted by Gasteiger charge is -2.18. The molecule has 1 aromatic rings. The van der Waals surface area contributed by atoms with Crippen LogP contribution in [0, 0.1) is 0 Å². The predicted molar refractivity (Wildman–Crippen MR) is 68.3 cm³/mol. The van der Waals surface area contributed by atoms with Gasteiger partial charge in [0.1, 0.15) is 0 Å². The van der Waals surface area contributed by atoms with Crippen LogP contribution in [0.3, 0.4) is 0 Å². The highest BCUT2D eigenvalue weighted by Gasteiger charge is 1.99. The molecule has 0 aromatic heterocycles. The molecule has 0 aliphatic carbocycles. The maximum Gasteiger partial charge on any atom is 0.328 e. The van der Waals surface area contributed by atoms with E-state index in [-0.39, 0.29) is 0 Å². The predicted octanol–water partition coefficient (Wildman–Crippen LogP) is 1.87. The number of benzene rings is 1. The van der Waals surface area contributed by atoms with E-state index >= 15 is 0 Å².